The third-order valence-corrected chi connectivity index (χ3v) is 2.59. The molecule has 0 fully saturated rings. The van der Waals surface area contributed by atoms with Crippen LogP contribution < -0.4 is 5.56 Å². The van der Waals surface area contributed by atoms with Crippen molar-refractivity contribution in [1.29, 1.82) is 0 Å². The largest absolute Gasteiger partial charge is 0.506 e. The fourth-order valence-electron chi connectivity index (χ4n) is 1.99. The molecule has 0 atom stereocenters. The van der Waals surface area contributed by atoms with Gasteiger partial charge in [0.2, 0.25) is 0 Å². The van der Waals surface area contributed by atoms with Gasteiger partial charge in [0.25, 0.3) is 5.56 Å². The van der Waals surface area contributed by atoms with Crippen molar-refractivity contribution in [3.63, 3.8) is 0 Å². The number of aromatic nitrogens is 2. The molecule has 2 aromatic rings. The van der Waals surface area contributed by atoms with Gasteiger partial charge in [-0.3, -0.25) is 9.48 Å². The van der Waals surface area contributed by atoms with Gasteiger partial charge in [-0.05, 0) is 26.0 Å². The van der Waals surface area contributed by atoms with Crippen LogP contribution in [-0.4, -0.2) is 14.5 Å². The number of aryl methyl sites for hydroxylation is 1. The summed E-state index contributed by atoms with van der Waals surface area (Å²) in [5.41, 5.74) is 0.537. The molecular weight excluding hydrogens is 192 g/mol. The van der Waals surface area contributed by atoms with E-state index in [2.05, 4.69) is 0 Å². The van der Waals surface area contributed by atoms with Gasteiger partial charge in [0.05, 0.1) is 5.39 Å². The van der Waals surface area contributed by atoms with Gasteiger partial charge in [-0.1, -0.05) is 6.07 Å². The summed E-state index contributed by atoms with van der Waals surface area (Å²) < 4.78 is 3.34. The minimum absolute atomic E-state index is 0.0570. The summed E-state index contributed by atoms with van der Waals surface area (Å²) in [6.07, 6.45) is 0. The maximum Gasteiger partial charge on any atom is 0.274 e. The quantitative estimate of drug-likeness (QED) is 0.770. The first-order valence-corrected chi connectivity index (χ1v) is 4.93. The van der Waals surface area contributed by atoms with Crippen LogP contribution in [0.25, 0.3) is 10.9 Å². The Balaban J connectivity index is 2.99. The number of rotatable bonds is 1. The molecule has 4 nitrogen and oxygen atoms in total. The number of phenols is 1. The first-order chi connectivity index (χ1) is 7.04. The normalized spacial score (nSPS) is 11.5. The summed E-state index contributed by atoms with van der Waals surface area (Å²) in [5.74, 6) is 0.145. The molecule has 4 heteroatoms. The van der Waals surface area contributed by atoms with Gasteiger partial charge in [0, 0.05) is 13.1 Å². The molecule has 0 amide bonds. The molecule has 0 aliphatic carbocycles. The molecule has 1 N–H and O–H groups in total. The molecule has 0 saturated heterocycles. The standard InChI is InChI=1S/C11H14N2O2/c1-7(2)13-11(15)8-5-4-6-9(14)10(8)12(13)3/h4-7,14H,1-3H3. The maximum atomic E-state index is 12.0. The first-order valence-electron chi connectivity index (χ1n) is 4.93. The van der Waals surface area contributed by atoms with Crippen LogP contribution in [0.3, 0.4) is 0 Å². The average Bonchev–Trinajstić information content (AvgIpc) is 2.40. The molecule has 0 radical (unpaired) electrons. The lowest BCUT2D eigenvalue weighted by Crippen LogP contribution is -2.23. The van der Waals surface area contributed by atoms with Crippen molar-refractivity contribution in [1.82, 2.24) is 9.36 Å². The van der Waals surface area contributed by atoms with E-state index in [1.54, 1.807) is 34.6 Å². The second-order valence-corrected chi connectivity index (χ2v) is 3.94. The Morgan fingerprint density at radius 1 is 1.33 bits per heavy atom. The van der Waals surface area contributed by atoms with E-state index in [-0.39, 0.29) is 17.4 Å². The molecule has 2 rings (SSSR count). The van der Waals surface area contributed by atoms with Crippen LogP contribution >= 0.6 is 0 Å². The van der Waals surface area contributed by atoms with Crippen molar-refractivity contribution in [2.75, 3.05) is 0 Å². The van der Waals surface area contributed by atoms with Crippen LogP contribution in [0.5, 0.6) is 5.75 Å². The fraction of sp³-hybridized carbons (Fsp3) is 0.364. The van der Waals surface area contributed by atoms with Gasteiger partial charge >= 0.3 is 0 Å². The molecule has 1 aromatic carbocycles. The Hall–Kier alpha value is -1.71. The lowest BCUT2D eigenvalue weighted by molar-refractivity contribution is 0.436. The van der Waals surface area contributed by atoms with Gasteiger partial charge in [-0.2, -0.15) is 0 Å². The Labute approximate surface area is 87.3 Å². The molecule has 0 bridgehead atoms. The highest BCUT2D eigenvalue weighted by molar-refractivity contribution is 5.84. The van der Waals surface area contributed by atoms with E-state index in [1.807, 2.05) is 13.8 Å². The minimum atomic E-state index is -0.0570. The first kappa shape index (κ1) is 9.83. The van der Waals surface area contributed by atoms with Gasteiger partial charge in [-0.15, -0.1) is 0 Å². The highest BCUT2D eigenvalue weighted by atomic mass is 16.3. The number of benzene rings is 1. The molecule has 1 heterocycles. The molecule has 1 aromatic heterocycles. The van der Waals surface area contributed by atoms with Crippen molar-refractivity contribution < 1.29 is 5.11 Å². The number of para-hydroxylation sites is 1. The van der Waals surface area contributed by atoms with Crippen LogP contribution in [0, 0.1) is 0 Å². The number of aromatic hydroxyl groups is 1. The zero-order valence-electron chi connectivity index (χ0n) is 9.06. The highest BCUT2D eigenvalue weighted by Gasteiger charge is 2.14. The van der Waals surface area contributed by atoms with Gasteiger partial charge in [-0.25, -0.2) is 4.68 Å². The van der Waals surface area contributed by atoms with Gasteiger partial charge < -0.3 is 5.11 Å². The number of hydrogen-bond acceptors (Lipinski definition) is 2. The summed E-state index contributed by atoms with van der Waals surface area (Å²) in [4.78, 5) is 12.0. The number of fused-ring (bicyclic) bond motifs is 1. The molecule has 0 spiro atoms. The van der Waals surface area contributed by atoms with Crippen LogP contribution in [-0.2, 0) is 7.05 Å². The van der Waals surface area contributed by atoms with E-state index in [4.69, 9.17) is 0 Å². The molecule has 0 saturated carbocycles. The van der Waals surface area contributed by atoms with Crippen molar-refractivity contribution in [3.05, 3.63) is 28.6 Å². The summed E-state index contributed by atoms with van der Waals surface area (Å²) in [7, 11) is 1.78. The second kappa shape index (κ2) is 3.15. The molecule has 0 aliphatic heterocycles. The van der Waals surface area contributed by atoms with Crippen LogP contribution in [0.1, 0.15) is 19.9 Å². The lowest BCUT2D eigenvalue weighted by Gasteiger charge is -2.10. The summed E-state index contributed by atoms with van der Waals surface area (Å²) in [5, 5.41) is 10.3. The molecular formula is C11H14N2O2. The second-order valence-electron chi connectivity index (χ2n) is 3.94. The van der Waals surface area contributed by atoms with Crippen LogP contribution in [0.2, 0.25) is 0 Å². The SMILES string of the molecule is CC(C)n1c(=O)c2cccc(O)c2n1C. The van der Waals surface area contributed by atoms with Crippen LogP contribution in [0.15, 0.2) is 23.0 Å². The topological polar surface area (TPSA) is 47.2 Å². The van der Waals surface area contributed by atoms with Crippen molar-refractivity contribution in [2.24, 2.45) is 7.05 Å². The van der Waals surface area contributed by atoms with E-state index in [1.165, 1.54) is 0 Å². The zero-order chi connectivity index (χ0) is 11.2. The predicted molar refractivity (Wildman–Crippen MR) is 59.2 cm³/mol. The smallest absolute Gasteiger partial charge is 0.274 e. The Morgan fingerprint density at radius 3 is 2.53 bits per heavy atom. The van der Waals surface area contributed by atoms with E-state index < -0.39 is 0 Å². The van der Waals surface area contributed by atoms with E-state index >= 15 is 0 Å². The van der Waals surface area contributed by atoms with E-state index in [0.29, 0.717) is 10.9 Å². The predicted octanol–water partition coefficient (Wildman–Crippen LogP) is 1.63. The zero-order valence-corrected chi connectivity index (χ0v) is 9.06. The van der Waals surface area contributed by atoms with Crippen molar-refractivity contribution in [2.45, 2.75) is 19.9 Å². The maximum absolute atomic E-state index is 12.0. The van der Waals surface area contributed by atoms with Crippen molar-refractivity contribution in [3.8, 4) is 5.75 Å². The summed E-state index contributed by atoms with van der Waals surface area (Å²) in [6, 6.07) is 5.08. The van der Waals surface area contributed by atoms with Crippen LogP contribution in [0.4, 0.5) is 0 Å². The Kier molecular flexibility index (Phi) is 2.07. The minimum Gasteiger partial charge on any atom is -0.506 e. The van der Waals surface area contributed by atoms with Crippen molar-refractivity contribution >= 4 is 10.9 Å². The highest BCUT2D eigenvalue weighted by Crippen LogP contribution is 2.22. The van der Waals surface area contributed by atoms with Gasteiger partial charge in [0.1, 0.15) is 11.3 Å². The number of phenolic OH excluding ortho intramolecular Hbond substituents is 1. The third-order valence-electron chi connectivity index (χ3n) is 2.59. The molecule has 0 aliphatic rings. The summed E-state index contributed by atoms with van der Waals surface area (Å²) in [6.45, 7) is 3.88. The monoisotopic (exact) mass is 206 g/mol. The molecule has 15 heavy (non-hydrogen) atoms. The van der Waals surface area contributed by atoms with Gasteiger partial charge in [0.15, 0.2) is 0 Å². The summed E-state index contributed by atoms with van der Waals surface area (Å²) >= 11 is 0. The number of nitrogens with zero attached hydrogens (tertiary/aromatic N) is 2. The Morgan fingerprint density at radius 2 is 2.00 bits per heavy atom. The number of hydrogen-bond donors (Lipinski definition) is 1. The Bertz CT molecular complexity index is 564. The molecule has 80 valence electrons. The lowest BCUT2D eigenvalue weighted by atomic mass is 10.2. The molecule has 0 unspecified atom stereocenters. The third kappa shape index (κ3) is 1.25. The van der Waals surface area contributed by atoms with E-state index in [9.17, 15) is 9.90 Å². The fourth-order valence-corrected chi connectivity index (χ4v) is 1.99. The van der Waals surface area contributed by atoms with E-state index in [0.717, 1.165) is 0 Å². The average molecular weight is 206 g/mol.